The van der Waals surface area contributed by atoms with Crippen LogP contribution in [0.4, 0.5) is 0 Å². The van der Waals surface area contributed by atoms with E-state index in [0.717, 1.165) is 21.5 Å². The normalized spacial score (nSPS) is 10.4. The van der Waals surface area contributed by atoms with E-state index in [1.54, 1.807) is 12.3 Å². The number of fused-ring (bicyclic) bond motifs is 1. The summed E-state index contributed by atoms with van der Waals surface area (Å²) in [5, 5.41) is 6.93. The van der Waals surface area contributed by atoms with Crippen molar-refractivity contribution in [2.24, 2.45) is 5.11 Å². The Bertz CT molecular complexity index is 864. The molecule has 0 amide bonds. The van der Waals surface area contributed by atoms with Gasteiger partial charge in [-0.25, -0.2) is 9.78 Å². The molecule has 6 nitrogen and oxygen atoms in total. The fourth-order valence-electron chi connectivity index (χ4n) is 1.95. The average Bonchev–Trinajstić information content (AvgIpc) is 2.97. The number of benzene rings is 1. The van der Waals surface area contributed by atoms with Gasteiger partial charge in [-0.05, 0) is 17.2 Å². The van der Waals surface area contributed by atoms with Gasteiger partial charge in [-0.1, -0.05) is 17.2 Å². The summed E-state index contributed by atoms with van der Waals surface area (Å²) in [6.07, 6.45) is 1.69. The number of thiazole rings is 1. The molecule has 20 heavy (non-hydrogen) atoms. The van der Waals surface area contributed by atoms with E-state index in [-0.39, 0.29) is 6.54 Å². The summed E-state index contributed by atoms with van der Waals surface area (Å²) in [5.41, 5.74) is 9.91. The molecule has 2 aromatic heterocycles. The fraction of sp³-hybridized carbons (Fsp3) is 0.0769. The van der Waals surface area contributed by atoms with Gasteiger partial charge in [0.05, 0.1) is 6.54 Å². The number of azide groups is 1. The zero-order valence-corrected chi connectivity index (χ0v) is 11.0. The first kappa shape index (κ1) is 12.4. The van der Waals surface area contributed by atoms with Crippen LogP contribution in [0.15, 0.2) is 50.2 Å². The minimum atomic E-state index is -0.427. The van der Waals surface area contributed by atoms with Crippen LogP contribution in [0.2, 0.25) is 0 Å². The van der Waals surface area contributed by atoms with Crippen LogP contribution in [0.1, 0.15) is 5.56 Å². The van der Waals surface area contributed by atoms with Crippen LogP contribution in [-0.2, 0) is 6.54 Å². The largest absolute Gasteiger partial charge is 0.423 e. The predicted molar refractivity (Wildman–Crippen MR) is 76.4 cm³/mol. The second kappa shape index (κ2) is 5.16. The molecule has 0 spiro atoms. The highest BCUT2D eigenvalue weighted by atomic mass is 32.1. The van der Waals surface area contributed by atoms with Gasteiger partial charge in [-0.2, -0.15) is 0 Å². The minimum absolute atomic E-state index is 0.220. The molecule has 0 N–H and O–H groups in total. The summed E-state index contributed by atoms with van der Waals surface area (Å²) in [7, 11) is 0. The summed E-state index contributed by atoms with van der Waals surface area (Å²) in [4.78, 5) is 18.6. The number of rotatable bonds is 3. The van der Waals surface area contributed by atoms with Gasteiger partial charge in [0.25, 0.3) is 0 Å². The van der Waals surface area contributed by atoms with E-state index in [0.29, 0.717) is 5.58 Å². The quantitative estimate of drug-likeness (QED) is 0.317. The third-order valence-corrected chi connectivity index (χ3v) is 3.59. The van der Waals surface area contributed by atoms with Crippen molar-refractivity contribution in [2.45, 2.75) is 6.54 Å². The van der Waals surface area contributed by atoms with Crippen LogP contribution < -0.4 is 5.63 Å². The third kappa shape index (κ3) is 2.27. The second-order valence-corrected chi connectivity index (χ2v) is 4.93. The summed E-state index contributed by atoms with van der Waals surface area (Å²) >= 11 is 1.46. The van der Waals surface area contributed by atoms with Crippen molar-refractivity contribution in [3.8, 4) is 10.6 Å². The molecule has 0 atom stereocenters. The van der Waals surface area contributed by atoms with Crippen molar-refractivity contribution in [1.82, 2.24) is 4.98 Å². The average molecular weight is 284 g/mol. The van der Waals surface area contributed by atoms with E-state index >= 15 is 0 Å². The van der Waals surface area contributed by atoms with Gasteiger partial charge >= 0.3 is 5.63 Å². The minimum Gasteiger partial charge on any atom is -0.423 e. The van der Waals surface area contributed by atoms with Crippen molar-refractivity contribution in [2.75, 3.05) is 0 Å². The first-order valence-electron chi connectivity index (χ1n) is 5.75. The Balaban J connectivity index is 2.22. The Morgan fingerprint density at radius 2 is 2.30 bits per heavy atom. The first-order valence-corrected chi connectivity index (χ1v) is 6.63. The molecule has 2 heterocycles. The molecule has 0 saturated heterocycles. The standard InChI is InChI=1S/C13H8N4O2S/c14-17-16-7-8-1-2-9-10(13-15-3-4-20-13)6-12(18)19-11(9)5-8/h1-6H,7H2. The Labute approximate surface area is 116 Å². The summed E-state index contributed by atoms with van der Waals surface area (Å²) in [5.74, 6) is 0. The lowest BCUT2D eigenvalue weighted by Gasteiger charge is -2.04. The van der Waals surface area contributed by atoms with Gasteiger partial charge in [0.15, 0.2) is 0 Å². The molecule has 0 bridgehead atoms. The van der Waals surface area contributed by atoms with Gasteiger partial charge in [-0.15, -0.1) is 11.3 Å². The Morgan fingerprint density at radius 1 is 1.40 bits per heavy atom. The maximum atomic E-state index is 11.7. The van der Waals surface area contributed by atoms with E-state index in [2.05, 4.69) is 15.0 Å². The highest BCUT2D eigenvalue weighted by molar-refractivity contribution is 7.13. The number of aromatic nitrogens is 1. The molecule has 0 aliphatic heterocycles. The van der Waals surface area contributed by atoms with Crippen molar-refractivity contribution in [3.63, 3.8) is 0 Å². The van der Waals surface area contributed by atoms with E-state index in [9.17, 15) is 4.79 Å². The van der Waals surface area contributed by atoms with Crippen LogP contribution in [0.3, 0.4) is 0 Å². The van der Waals surface area contributed by atoms with Crippen LogP contribution in [0, 0.1) is 0 Å². The van der Waals surface area contributed by atoms with Gasteiger partial charge in [0.2, 0.25) is 0 Å². The molecule has 0 fully saturated rings. The molecule has 1 aromatic carbocycles. The maximum Gasteiger partial charge on any atom is 0.336 e. The van der Waals surface area contributed by atoms with Gasteiger partial charge in [-0.3, -0.25) is 0 Å². The molecule has 0 aliphatic rings. The van der Waals surface area contributed by atoms with Crippen LogP contribution in [0.25, 0.3) is 32.0 Å². The van der Waals surface area contributed by atoms with E-state index in [1.807, 2.05) is 17.5 Å². The number of hydrogen-bond donors (Lipinski definition) is 0. The van der Waals surface area contributed by atoms with Crippen molar-refractivity contribution < 1.29 is 4.42 Å². The predicted octanol–water partition coefficient (Wildman–Crippen LogP) is 3.73. The van der Waals surface area contributed by atoms with E-state index in [4.69, 9.17) is 9.95 Å². The first-order chi connectivity index (χ1) is 9.78. The Hall–Kier alpha value is -2.63. The summed E-state index contributed by atoms with van der Waals surface area (Å²) < 4.78 is 5.21. The lowest BCUT2D eigenvalue weighted by Crippen LogP contribution is -1.98. The van der Waals surface area contributed by atoms with E-state index in [1.165, 1.54) is 17.4 Å². The molecule has 0 saturated carbocycles. The molecule has 3 aromatic rings. The van der Waals surface area contributed by atoms with Crippen LogP contribution in [0.5, 0.6) is 0 Å². The monoisotopic (exact) mass is 284 g/mol. The van der Waals surface area contributed by atoms with Crippen molar-refractivity contribution in [1.29, 1.82) is 0 Å². The molecule has 0 radical (unpaired) electrons. The highest BCUT2D eigenvalue weighted by Crippen LogP contribution is 2.29. The topological polar surface area (TPSA) is 91.9 Å². The summed E-state index contributed by atoms with van der Waals surface area (Å²) in [6, 6.07) is 6.84. The van der Waals surface area contributed by atoms with Crippen molar-refractivity contribution in [3.05, 3.63) is 62.3 Å². The molecule has 0 aliphatic carbocycles. The fourth-order valence-corrected chi connectivity index (χ4v) is 2.62. The smallest absolute Gasteiger partial charge is 0.336 e. The SMILES string of the molecule is [N-]=[N+]=NCc1ccc2c(-c3nccs3)cc(=O)oc2c1. The van der Waals surface area contributed by atoms with Gasteiger partial charge in [0, 0.05) is 33.5 Å². The molecular formula is C13H8N4O2S. The zero-order valence-electron chi connectivity index (χ0n) is 10.2. The zero-order chi connectivity index (χ0) is 13.9. The maximum absolute atomic E-state index is 11.7. The van der Waals surface area contributed by atoms with E-state index < -0.39 is 5.63 Å². The van der Waals surface area contributed by atoms with Gasteiger partial charge < -0.3 is 4.42 Å². The Kier molecular flexibility index (Phi) is 3.20. The van der Waals surface area contributed by atoms with Crippen molar-refractivity contribution >= 4 is 22.3 Å². The third-order valence-electron chi connectivity index (χ3n) is 2.79. The Morgan fingerprint density at radius 3 is 3.05 bits per heavy atom. The lowest BCUT2D eigenvalue weighted by atomic mass is 10.1. The molecular weight excluding hydrogens is 276 g/mol. The van der Waals surface area contributed by atoms with Crippen LogP contribution in [-0.4, -0.2) is 4.98 Å². The van der Waals surface area contributed by atoms with Gasteiger partial charge in [0.1, 0.15) is 10.6 Å². The molecule has 0 unspecified atom stereocenters. The number of nitrogens with zero attached hydrogens (tertiary/aromatic N) is 4. The summed E-state index contributed by atoms with van der Waals surface area (Å²) in [6.45, 7) is 0.220. The molecule has 3 rings (SSSR count). The van der Waals surface area contributed by atoms with Crippen LogP contribution >= 0.6 is 11.3 Å². The highest BCUT2D eigenvalue weighted by Gasteiger charge is 2.10. The molecule has 7 heteroatoms. The second-order valence-electron chi connectivity index (χ2n) is 4.04. The molecule has 98 valence electrons. The lowest BCUT2D eigenvalue weighted by molar-refractivity contribution is 0.561. The number of hydrogen-bond acceptors (Lipinski definition) is 5.